The summed E-state index contributed by atoms with van der Waals surface area (Å²) in [5, 5.41) is 2.61. The lowest BCUT2D eigenvalue weighted by atomic mass is 10.1. The monoisotopic (exact) mass is 323 g/mol. The molecule has 4 nitrogen and oxygen atoms in total. The van der Waals surface area contributed by atoms with E-state index in [9.17, 15) is 9.18 Å². The molecule has 1 heterocycles. The molecule has 2 rings (SSSR count). The van der Waals surface area contributed by atoms with Crippen molar-refractivity contribution in [1.82, 2.24) is 4.98 Å². The highest BCUT2D eigenvalue weighted by Gasteiger charge is 2.11. The summed E-state index contributed by atoms with van der Waals surface area (Å²) < 4.78 is 13.8. The maximum Gasteiger partial charge on any atom is 0.258 e. The first kappa shape index (κ1) is 13.5. The molecule has 0 saturated heterocycles. The molecule has 0 radical (unpaired) electrons. The van der Waals surface area contributed by atoms with Gasteiger partial charge in [0, 0.05) is 16.4 Å². The van der Waals surface area contributed by atoms with Gasteiger partial charge in [0.1, 0.15) is 11.6 Å². The number of aryl methyl sites for hydroxylation is 1. The van der Waals surface area contributed by atoms with Crippen molar-refractivity contribution in [3.8, 4) is 0 Å². The number of carbonyl (C=O) groups excluding carboxylic acids is 1. The third-order valence-electron chi connectivity index (χ3n) is 2.55. The number of rotatable bonds is 2. The van der Waals surface area contributed by atoms with Gasteiger partial charge in [-0.2, -0.15) is 0 Å². The summed E-state index contributed by atoms with van der Waals surface area (Å²) in [5.41, 5.74) is 6.84. The number of hydrogen-bond acceptors (Lipinski definition) is 3. The molecule has 19 heavy (non-hydrogen) atoms. The van der Waals surface area contributed by atoms with E-state index in [0.717, 1.165) is 16.1 Å². The van der Waals surface area contributed by atoms with E-state index in [1.165, 1.54) is 12.1 Å². The Bertz CT molecular complexity index is 646. The van der Waals surface area contributed by atoms with Crippen LogP contribution >= 0.6 is 15.9 Å². The molecule has 6 heteroatoms. The number of nitrogens with zero attached hydrogens (tertiary/aromatic N) is 1. The number of nitrogen functional groups attached to an aromatic ring is 1. The van der Waals surface area contributed by atoms with E-state index in [1.807, 2.05) is 6.92 Å². The third-order valence-corrected chi connectivity index (χ3v) is 3.38. The van der Waals surface area contributed by atoms with E-state index in [-0.39, 0.29) is 11.3 Å². The van der Waals surface area contributed by atoms with Crippen LogP contribution < -0.4 is 11.1 Å². The standard InChI is InChI=1S/C13H11BrFN3O/c1-7-4-12(17-6-10(7)14)18-13(19)9-3-2-8(15)5-11(9)16/h2-6H,16H2,1H3,(H,17,18,19). The highest BCUT2D eigenvalue weighted by molar-refractivity contribution is 9.10. The molecular formula is C13H11BrFN3O. The fourth-order valence-corrected chi connectivity index (χ4v) is 1.75. The van der Waals surface area contributed by atoms with E-state index in [4.69, 9.17) is 5.73 Å². The van der Waals surface area contributed by atoms with Crippen molar-refractivity contribution < 1.29 is 9.18 Å². The molecule has 0 aliphatic heterocycles. The molecule has 0 unspecified atom stereocenters. The normalized spacial score (nSPS) is 10.3. The molecule has 1 amide bonds. The molecule has 2 aromatic rings. The Morgan fingerprint density at radius 1 is 1.42 bits per heavy atom. The number of pyridine rings is 1. The first-order valence-corrected chi connectivity index (χ1v) is 6.25. The van der Waals surface area contributed by atoms with Crippen molar-refractivity contribution in [1.29, 1.82) is 0 Å². The van der Waals surface area contributed by atoms with Crippen molar-refractivity contribution in [3.63, 3.8) is 0 Å². The maximum atomic E-state index is 12.9. The molecule has 0 aliphatic rings. The topological polar surface area (TPSA) is 68.0 Å². The second kappa shape index (κ2) is 5.36. The molecule has 1 aromatic heterocycles. The van der Waals surface area contributed by atoms with Gasteiger partial charge in [-0.1, -0.05) is 0 Å². The van der Waals surface area contributed by atoms with Crippen molar-refractivity contribution >= 4 is 33.3 Å². The van der Waals surface area contributed by atoms with Gasteiger partial charge in [-0.05, 0) is 52.7 Å². The fraction of sp³-hybridized carbons (Fsp3) is 0.0769. The van der Waals surface area contributed by atoms with Crippen molar-refractivity contribution in [2.24, 2.45) is 0 Å². The summed E-state index contributed by atoms with van der Waals surface area (Å²) in [7, 11) is 0. The zero-order valence-corrected chi connectivity index (χ0v) is 11.7. The Labute approximate surface area is 118 Å². The van der Waals surface area contributed by atoms with E-state index in [0.29, 0.717) is 5.82 Å². The maximum absolute atomic E-state index is 12.9. The summed E-state index contributed by atoms with van der Waals surface area (Å²) in [6.45, 7) is 1.88. The predicted molar refractivity (Wildman–Crippen MR) is 75.4 cm³/mol. The predicted octanol–water partition coefficient (Wildman–Crippen LogP) is 3.13. The number of hydrogen-bond donors (Lipinski definition) is 2. The lowest BCUT2D eigenvalue weighted by Crippen LogP contribution is -2.15. The number of benzene rings is 1. The Balaban J connectivity index is 2.23. The zero-order valence-electron chi connectivity index (χ0n) is 10.1. The average molecular weight is 324 g/mol. The van der Waals surface area contributed by atoms with Gasteiger partial charge in [-0.15, -0.1) is 0 Å². The zero-order chi connectivity index (χ0) is 14.0. The molecular weight excluding hydrogens is 313 g/mol. The molecule has 0 aliphatic carbocycles. The van der Waals surface area contributed by atoms with Crippen LogP contribution in [-0.4, -0.2) is 10.9 Å². The van der Waals surface area contributed by atoms with Gasteiger partial charge in [0.25, 0.3) is 5.91 Å². The minimum Gasteiger partial charge on any atom is -0.398 e. The number of nitrogens with one attached hydrogen (secondary N) is 1. The Morgan fingerprint density at radius 2 is 2.16 bits per heavy atom. The van der Waals surface area contributed by atoms with Gasteiger partial charge < -0.3 is 11.1 Å². The Morgan fingerprint density at radius 3 is 2.79 bits per heavy atom. The lowest BCUT2D eigenvalue weighted by molar-refractivity contribution is 0.102. The number of nitrogens with two attached hydrogens (primary N) is 1. The molecule has 0 bridgehead atoms. The second-order valence-corrected chi connectivity index (χ2v) is 4.86. The summed E-state index contributed by atoms with van der Waals surface area (Å²) in [5.74, 6) is -0.493. The van der Waals surface area contributed by atoms with Crippen LogP contribution in [-0.2, 0) is 0 Å². The van der Waals surface area contributed by atoms with E-state index >= 15 is 0 Å². The Hall–Kier alpha value is -1.95. The van der Waals surface area contributed by atoms with Crippen molar-refractivity contribution in [3.05, 3.63) is 51.9 Å². The van der Waals surface area contributed by atoms with Gasteiger partial charge in [0.15, 0.2) is 0 Å². The van der Waals surface area contributed by atoms with Crippen LogP contribution in [0.15, 0.2) is 34.9 Å². The molecule has 0 fully saturated rings. The molecule has 0 saturated carbocycles. The first-order valence-electron chi connectivity index (χ1n) is 5.46. The highest BCUT2D eigenvalue weighted by Crippen LogP contribution is 2.19. The summed E-state index contributed by atoms with van der Waals surface area (Å²) >= 11 is 3.32. The minimum atomic E-state index is -0.480. The van der Waals surface area contributed by atoms with Gasteiger partial charge in [-0.25, -0.2) is 9.37 Å². The van der Waals surface area contributed by atoms with E-state index < -0.39 is 11.7 Å². The molecule has 0 atom stereocenters. The fourth-order valence-electron chi connectivity index (χ4n) is 1.53. The van der Waals surface area contributed by atoms with Gasteiger partial charge in [0.05, 0.1) is 5.56 Å². The van der Waals surface area contributed by atoms with E-state index in [2.05, 4.69) is 26.2 Å². The van der Waals surface area contributed by atoms with Crippen molar-refractivity contribution in [2.45, 2.75) is 6.92 Å². The van der Waals surface area contributed by atoms with Crippen molar-refractivity contribution in [2.75, 3.05) is 11.1 Å². The number of carbonyl (C=O) groups is 1. The average Bonchev–Trinajstić information content (AvgIpc) is 2.33. The van der Waals surface area contributed by atoms with Crippen LogP contribution in [0.25, 0.3) is 0 Å². The van der Waals surface area contributed by atoms with E-state index in [1.54, 1.807) is 12.3 Å². The van der Waals surface area contributed by atoms with Crippen LogP contribution in [0.3, 0.4) is 0 Å². The minimum absolute atomic E-state index is 0.0892. The molecule has 3 N–H and O–H groups in total. The number of aromatic nitrogens is 1. The van der Waals surface area contributed by atoms with Crippen LogP contribution in [0.2, 0.25) is 0 Å². The smallest absolute Gasteiger partial charge is 0.258 e. The molecule has 98 valence electrons. The summed E-state index contributed by atoms with van der Waals surface area (Å²) in [6.07, 6.45) is 1.60. The third kappa shape index (κ3) is 3.08. The van der Waals surface area contributed by atoms with Crippen LogP contribution in [0, 0.1) is 12.7 Å². The Kier molecular flexibility index (Phi) is 3.80. The van der Waals surface area contributed by atoms with Gasteiger partial charge >= 0.3 is 0 Å². The highest BCUT2D eigenvalue weighted by atomic mass is 79.9. The van der Waals surface area contributed by atoms with Crippen LogP contribution in [0.5, 0.6) is 0 Å². The van der Waals surface area contributed by atoms with Gasteiger partial charge in [0.2, 0.25) is 0 Å². The van der Waals surface area contributed by atoms with Crippen LogP contribution in [0.4, 0.5) is 15.9 Å². The van der Waals surface area contributed by atoms with Crippen LogP contribution in [0.1, 0.15) is 15.9 Å². The number of amides is 1. The largest absolute Gasteiger partial charge is 0.398 e. The van der Waals surface area contributed by atoms with Gasteiger partial charge in [-0.3, -0.25) is 4.79 Å². The summed E-state index contributed by atoms with van der Waals surface area (Å²) in [4.78, 5) is 16.0. The lowest BCUT2D eigenvalue weighted by Gasteiger charge is -2.08. The second-order valence-electron chi connectivity index (χ2n) is 4.00. The quantitative estimate of drug-likeness (QED) is 0.834. The SMILES string of the molecule is Cc1cc(NC(=O)c2ccc(F)cc2N)ncc1Br. The number of halogens is 2. The first-order chi connectivity index (χ1) is 8.97. The molecule has 1 aromatic carbocycles. The summed E-state index contributed by atoms with van der Waals surface area (Å²) in [6, 6.07) is 5.36. The number of anilines is 2. The molecule has 0 spiro atoms.